The molecule has 0 aromatic heterocycles. The lowest BCUT2D eigenvalue weighted by Crippen LogP contribution is -2.49. The predicted molar refractivity (Wildman–Crippen MR) is 120 cm³/mol. The number of nitrogens with one attached hydrogen (secondary N) is 2. The van der Waals surface area contributed by atoms with E-state index in [0.717, 1.165) is 37.9 Å². The molecule has 2 aromatic rings. The first-order valence-electron chi connectivity index (χ1n) is 11.2. The average molecular weight is 436 g/mol. The third kappa shape index (κ3) is 5.53. The van der Waals surface area contributed by atoms with Crippen LogP contribution >= 0.6 is 0 Å². The summed E-state index contributed by atoms with van der Waals surface area (Å²) in [4.78, 5) is 39.5. The summed E-state index contributed by atoms with van der Waals surface area (Å²) in [5.74, 6) is -0.428. The Kier molecular flexibility index (Phi) is 7.17. The highest BCUT2D eigenvalue weighted by Gasteiger charge is 2.34. The van der Waals surface area contributed by atoms with Gasteiger partial charge in [-0.3, -0.25) is 19.3 Å². The molecule has 2 atom stereocenters. The van der Waals surface area contributed by atoms with Gasteiger partial charge in [-0.2, -0.15) is 0 Å². The monoisotopic (exact) mass is 435 g/mol. The van der Waals surface area contributed by atoms with E-state index in [1.165, 1.54) is 0 Å². The molecule has 2 aromatic carbocycles. The quantitative estimate of drug-likeness (QED) is 0.653. The summed E-state index contributed by atoms with van der Waals surface area (Å²) in [7, 11) is 0. The molecule has 0 radical (unpaired) electrons. The third-order valence-corrected chi connectivity index (χ3v) is 6.18. The Morgan fingerprint density at radius 2 is 1.62 bits per heavy atom. The van der Waals surface area contributed by atoms with Crippen LogP contribution in [0.5, 0.6) is 0 Å². The van der Waals surface area contributed by atoms with Crippen LogP contribution in [0.1, 0.15) is 47.6 Å². The first-order valence-corrected chi connectivity index (χ1v) is 11.2. The Morgan fingerprint density at radius 3 is 2.25 bits per heavy atom. The van der Waals surface area contributed by atoms with Crippen molar-refractivity contribution in [1.29, 1.82) is 0 Å². The summed E-state index contributed by atoms with van der Waals surface area (Å²) >= 11 is 0. The fourth-order valence-electron chi connectivity index (χ4n) is 4.41. The molecule has 2 fully saturated rings. The van der Waals surface area contributed by atoms with E-state index in [9.17, 15) is 14.4 Å². The summed E-state index contributed by atoms with van der Waals surface area (Å²) in [6.45, 7) is 2.02. The van der Waals surface area contributed by atoms with Gasteiger partial charge in [-0.15, -0.1) is 0 Å². The summed E-state index contributed by atoms with van der Waals surface area (Å²) in [5.41, 5.74) is 1.45. The molecule has 0 unspecified atom stereocenters. The molecule has 2 aliphatic heterocycles. The van der Waals surface area contributed by atoms with E-state index >= 15 is 0 Å². The predicted octanol–water partition coefficient (Wildman–Crippen LogP) is 2.44. The van der Waals surface area contributed by atoms with Crippen molar-refractivity contribution < 1.29 is 19.1 Å². The maximum Gasteiger partial charge on any atom is 0.323 e. The summed E-state index contributed by atoms with van der Waals surface area (Å²) < 4.78 is 5.07. The fourth-order valence-corrected chi connectivity index (χ4v) is 4.41. The molecule has 0 saturated carbocycles. The van der Waals surface area contributed by atoms with Gasteiger partial charge in [0, 0.05) is 31.1 Å². The smallest absolute Gasteiger partial charge is 0.323 e. The van der Waals surface area contributed by atoms with Gasteiger partial charge in [-0.1, -0.05) is 48.5 Å². The van der Waals surface area contributed by atoms with E-state index in [1.807, 2.05) is 48.5 Å². The average Bonchev–Trinajstić information content (AvgIpc) is 3.26. The number of cyclic esters (lactones) is 1. The van der Waals surface area contributed by atoms with E-state index in [4.69, 9.17) is 4.74 Å². The number of benzene rings is 2. The molecular formula is C25H29N3O4. The molecule has 168 valence electrons. The van der Waals surface area contributed by atoms with Crippen molar-refractivity contribution in [3.8, 4) is 0 Å². The van der Waals surface area contributed by atoms with Gasteiger partial charge >= 0.3 is 5.97 Å². The maximum atomic E-state index is 12.9. The molecule has 32 heavy (non-hydrogen) atoms. The third-order valence-electron chi connectivity index (χ3n) is 6.18. The second kappa shape index (κ2) is 10.4. The lowest BCUT2D eigenvalue weighted by Gasteiger charge is -2.34. The highest BCUT2D eigenvalue weighted by atomic mass is 16.5. The number of hydrogen-bond donors (Lipinski definition) is 2. The Balaban J connectivity index is 1.33. The zero-order valence-electron chi connectivity index (χ0n) is 18.0. The molecule has 0 bridgehead atoms. The van der Waals surface area contributed by atoms with Crippen LogP contribution in [0.3, 0.4) is 0 Å². The van der Waals surface area contributed by atoms with Crippen molar-refractivity contribution in [2.45, 2.75) is 43.8 Å². The lowest BCUT2D eigenvalue weighted by molar-refractivity contribution is -0.142. The SMILES string of the molecule is O=C(C[C@@H](NC(=O)c1ccccc1)c1ccccc1)NC1CCN([C@@H]2CCOC2=O)CC1. The highest BCUT2D eigenvalue weighted by Crippen LogP contribution is 2.21. The van der Waals surface area contributed by atoms with Crippen LogP contribution in [0.4, 0.5) is 0 Å². The number of likely N-dealkylation sites (tertiary alicyclic amines) is 1. The van der Waals surface area contributed by atoms with Crippen LogP contribution in [0.25, 0.3) is 0 Å². The molecule has 2 N–H and O–H groups in total. The van der Waals surface area contributed by atoms with Crippen molar-refractivity contribution in [2.24, 2.45) is 0 Å². The van der Waals surface area contributed by atoms with Crippen LogP contribution in [-0.4, -0.2) is 54.5 Å². The molecule has 7 heteroatoms. The first-order chi connectivity index (χ1) is 15.6. The van der Waals surface area contributed by atoms with Crippen LogP contribution in [0.15, 0.2) is 60.7 Å². The minimum atomic E-state index is -0.419. The zero-order chi connectivity index (χ0) is 22.3. The molecular weight excluding hydrogens is 406 g/mol. The number of rotatable bonds is 7. The summed E-state index contributed by atoms with van der Waals surface area (Å²) in [6.07, 6.45) is 2.50. The van der Waals surface area contributed by atoms with E-state index < -0.39 is 6.04 Å². The number of esters is 1. The lowest BCUT2D eigenvalue weighted by atomic mass is 10.00. The van der Waals surface area contributed by atoms with E-state index in [1.54, 1.807) is 12.1 Å². The largest absolute Gasteiger partial charge is 0.464 e. The number of hydrogen-bond acceptors (Lipinski definition) is 5. The van der Waals surface area contributed by atoms with Gasteiger partial charge in [0.05, 0.1) is 19.1 Å². The summed E-state index contributed by atoms with van der Waals surface area (Å²) in [6, 6.07) is 18.1. The molecule has 0 spiro atoms. The second-order valence-electron chi connectivity index (χ2n) is 8.36. The van der Waals surface area contributed by atoms with Crippen LogP contribution < -0.4 is 10.6 Å². The highest BCUT2D eigenvalue weighted by molar-refractivity contribution is 5.94. The topological polar surface area (TPSA) is 87.7 Å². The van der Waals surface area contributed by atoms with Gasteiger partial charge in [0.2, 0.25) is 5.91 Å². The van der Waals surface area contributed by atoms with Gasteiger partial charge in [-0.05, 0) is 30.5 Å². The number of piperidine rings is 1. The zero-order valence-corrected chi connectivity index (χ0v) is 18.0. The Hall–Kier alpha value is -3.19. The Labute approximate surface area is 188 Å². The van der Waals surface area contributed by atoms with E-state index in [2.05, 4.69) is 15.5 Å². The first kappa shape index (κ1) is 22.0. The number of nitrogens with zero attached hydrogens (tertiary/aromatic N) is 1. The van der Waals surface area contributed by atoms with Crippen molar-refractivity contribution in [3.05, 3.63) is 71.8 Å². The molecule has 2 heterocycles. The van der Waals surface area contributed by atoms with Crippen LogP contribution in [-0.2, 0) is 14.3 Å². The Bertz CT molecular complexity index is 927. The minimum Gasteiger partial charge on any atom is -0.464 e. The molecule has 2 aliphatic rings. The second-order valence-corrected chi connectivity index (χ2v) is 8.36. The number of carbonyl (C=O) groups is 3. The number of amides is 2. The van der Waals surface area contributed by atoms with E-state index in [0.29, 0.717) is 12.2 Å². The number of ether oxygens (including phenoxy) is 1. The van der Waals surface area contributed by atoms with Crippen molar-refractivity contribution in [3.63, 3.8) is 0 Å². The normalized spacial score (nSPS) is 20.4. The molecule has 4 rings (SSSR count). The number of carbonyl (C=O) groups excluding carboxylic acids is 3. The van der Waals surface area contributed by atoms with E-state index in [-0.39, 0.29) is 36.3 Å². The van der Waals surface area contributed by atoms with Crippen molar-refractivity contribution in [2.75, 3.05) is 19.7 Å². The standard InChI is InChI=1S/C25H29N3O4/c29-23(26-20-11-14-28(15-12-20)22-13-16-32-25(22)31)17-21(18-7-3-1-4-8-18)27-24(30)19-9-5-2-6-10-19/h1-10,20-22H,11-17H2,(H,26,29)(H,27,30)/t21-,22-/m1/s1. The fraction of sp³-hybridized carbons (Fsp3) is 0.400. The maximum absolute atomic E-state index is 12.9. The van der Waals surface area contributed by atoms with Gasteiger partial charge in [0.15, 0.2) is 0 Å². The minimum absolute atomic E-state index is 0.0671. The molecule has 2 saturated heterocycles. The summed E-state index contributed by atoms with van der Waals surface area (Å²) in [5, 5.41) is 6.13. The Morgan fingerprint density at radius 1 is 0.969 bits per heavy atom. The van der Waals surface area contributed by atoms with Crippen molar-refractivity contribution >= 4 is 17.8 Å². The molecule has 7 nitrogen and oxygen atoms in total. The van der Waals surface area contributed by atoms with Gasteiger partial charge in [0.1, 0.15) is 6.04 Å². The molecule has 0 aliphatic carbocycles. The van der Waals surface area contributed by atoms with Crippen LogP contribution in [0, 0.1) is 0 Å². The van der Waals surface area contributed by atoms with Crippen molar-refractivity contribution in [1.82, 2.24) is 15.5 Å². The van der Waals surface area contributed by atoms with Gasteiger partial charge < -0.3 is 15.4 Å². The van der Waals surface area contributed by atoms with Crippen LogP contribution in [0.2, 0.25) is 0 Å². The van der Waals surface area contributed by atoms with Gasteiger partial charge in [-0.25, -0.2) is 0 Å². The molecule has 2 amide bonds. The van der Waals surface area contributed by atoms with Gasteiger partial charge in [0.25, 0.3) is 5.91 Å².